The molecule has 0 bridgehead atoms. The lowest BCUT2D eigenvalue weighted by atomic mass is 9.77. The smallest absolute Gasteiger partial charge is 0.0701 e. The molecule has 2 saturated heterocycles. The first-order valence-electron chi connectivity index (χ1n) is 7.01. The topological polar surface area (TPSA) is 47.3 Å². The average Bonchev–Trinajstić information content (AvgIpc) is 3.16. The Hall–Kier alpha value is 0.230. The van der Waals surface area contributed by atoms with Crippen molar-refractivity contribution in [3.63, 3.8) is 0 Å². The van der Waals surface area contributed by atoms with Gasteiger partial charge in [-0.05, 0) is 61.9 Å². The minimum absolute atomic E-state index is 0.207. The SMILES string of the molecule is NNC(C1CC1)C1CCOC2(CCSCC2)C1. The van der Waals surface area contributed by atoms with Gasteiger partial charge in [-0.1, -0.05) is 0 Å². The lowest BCUT2D eigenvalue weighted by molar-refractivity contribution is -0.108. The van der Waals surface area contributed by atoms with Gasteiger partial charge in [0.15, 0.2) is 0 Å². The molecule has 3 aliphatic rings. The highest BCUT2D eigenvalue weighted by Crippen LogP contribution is 2.44. The summed E-state index contributed by atoms with van der Waals surface area (Å²) in [6.07, 6.45) is 7.66. The maximum Gasteiger partial charge on any atom is 0.0701 e. The van der Waals surface area contributed by atoms with E-state index in [2.05, 4.69) is 17.2 Å². The highest BCUT2D eigenvalue weighted by Gasteiger charge is 2.44. The van der Waals surface area contributed by atoms with Crippen LogP contribution < -0.4 is 11.3 Å². The van der Waals surface area contributed by atoms with Crippen LogP contribution in [0.5, 0.6) is 0 Å². The van der Waals surface area contributed by atoms with Gasteiger partial charge in [-0.25, -0.2) is 0 Å². The third-order valence-corrected chi connectivity index (χ3v) is 5.75. The molecule has 2 atom stereocenters. The summed E-state index contributed by atoms with van der Waals surface area (Å²) in [7, 11) is 0. The van der Waals surface area contributed by atoms with Crippen LogP contribution in [0.3, 0.4) is 0 Å². The molecule has 17 heavy (non-hydrogen) atoms. The first kappa shape index (κ1) is 12.3. The van der Waals surface area contributed by atoms with Crippen molar-refractivity contribution in [2.45, 2.75) is 50.2 Å². The van der Waals surface area contributed by atoms with Crippen LogP contribution in [-0.4, -0.2) is 29.8 Å². The molecule has 3 rings (SSSR count). The molecule has 1 aliphatic carbocycles. The van der Waals surface area contributed by atoms with E-state index in [0.717, 1.165) is 18.4 Å². The maximum absolute atomic E-state index is 6.15. The van der Waals surface area contributed by atoms with Crippen molar-refractivity contribution in [3.05, 3.63) is 0 Å². The molecule has 3 N–H and O–H groups in total. The average molecular weight is 256 g/mol. The molecule has 0 aromatic rings. The van der Waals surface area contributed by atoms with Crippen molar-refractivity contribution in [3.8, 4) is 0 Å². The number of hydrogen-bond acceptors (Lipinski definition) is 4. The van der Waals surface area contributed by atoms with Gasteiger partial charge in [0.25, 0.3) is 0 Å². The fraction of sp³-hybridized carbons (Fsp3) is 1.00. The van der Waals surface area contributed by atoms with Gasteiger partial charge in [0, 0.05) is 12.6 Å². The number of ether oxygens (including phenoxy) is 1. The largest absolute Gasteiger partial charge is 0.375 e. The summed E-state index contributed by atoms with van der Waals surface area (Å²) >= 11 is 2.08. The summed E-state index contributed by atoms with van der Waals surface area (Å²) in [5, 5.41) is 0. The predicted octanol–water partition coefficient (Wildman–Crippen LogP) is 1.92. The van der Waals surface area contributed by atoms with Gasteiger partial charge >= 0.3 is 0 Å². The molecule has 0 radical (unpaired) electrons. The fourth-order valence-electron chi connectivity index (χ4n) is 3.58. The van der Waals surface area contributed by atoms with Gasteiger partial charge < -0.3 is 4.74 Å². The zero-order valence-electron chi connectivity index (χ0n) is 10.5. The molecule has 0 aromatic carbocycles. The van der Waals surface area contributed by atoms with Crippen LogP contribution in [0.2, 0.25) is 0 Å². The molecule has 2 aliphatic heterocycles. The van der Waals surface area contributed by atoms with Crippen molar-refractivity contribution >= 4 is 11.8 Å². The fourth-order valence-corrected chi connectivity index (χ4v) is 4.81. The van der Waals surface area contributed by atoms with Gasteiger partial charge in [0.05, 0.1) is 5.60 Å². The van der Waals surface area contributed by atoms with E-state index in [4.69, 9.17) is 10.6 Å². The second-order valence-electron chi connectivity index (χ2n) is 5.93. The Morgan fingerprint density at radius 3 is 2.59 bits per heavy atom. The van der Waals surface area contributed by atoms with E-state index in [0.29, 0.717) is 6.04 Å². The molecule has 0 amide bonds. The third-order valence-electron chi connectivity index (χ3n) is 4.77. The Balaban J connectivity index is 1.65. The summed E-state index contributed by atoms with van der Waals surface area (Å²) in [6, 6.07) is 0.547. The molecule has 98 valence electrons. The van der Waals surface area contributed by atoms with E-state index in [1.54, 1.807) is 0 Å². The highest BCUT2D eigenvalue weighted by molar-refractivity contribution is 7.99. The molecular weight excluding hydrogens is 232 g/mol. The van der Waals surface area contributed by atoms with Crippen LogP contribution in [0.4, 0.5) is 0 Å². The van der Waals surface area contributed by atoms with Gasteiger partial charge in [0.2, 0.25) is 0 Å². The second kappa shape index (κ2) is 5.08. The number of nitrogens with one attached hydrogen (secondary N) is 1. The van der Waals surface area contributed by atoms with Crippen molar-refractivity contribution in [2.24, 2.45) is 17.7 Å². The Bertz CT molecular complexity index is 259. The standard InChI is InChI=1S/C13H24N2OS/c14-15-12(10-1-2-10)11-3-6-16-13(9-11)4-7-17-8-5-13/h10-12,15H,1-9,14H2. The number of rotatable bonds is 3. The van der Waals surface area contributed by atoms with Gasteiger partial charge in [0.1, 0.15) is 0 Å². The van der Waals surface area contributed by atoms with Crippen LogP contribution in [0.15, 0.2) is 0 Å². The van der Waals surface area contributed by atoms with E-state index in [-0.39, 0.29) is 5.60 Å². The summed E-state index contributed by atoms with van der Waals surface area (Å²) in [5.74, 6) is 9.90. The Morgan fingerprint density at radius 2 is 1.94 bits per heavy atom. The number of hydrazine groups is 1. The maximum atomic E-state index is 6.15. The minimum atomic E-state index is 0.207. The molecule has 0 aromatic heterocycles. The lowest BCUT2D eigenvalue weighted by Crippen LogP contribution is -2.50. The van der Waals surface area contributed by atoms with Gasteiger partial charge in [-0.2, -0.15) is 11.8 Å². The van der Waals surface area contributed by atoms with E-state index >= 15 is 0 Å². The molecule has 2 unspecified atom stereocenters. The van der Waals surface area contributed by atoms with Crippen molar-refractivity contribution in [2.75, 3.05) is 18.1 Å². The van der Waals surface area contributed by atoms with Crippen molar-refractivity contribution < 1.29 is 4.74 Å². The third kappa shape index (κ3) is 2.65. The van der Waals surface area contributed by atoms with Gasteiger partial charge in [-0.3, -0.25) is 11.3 Å². The Kier molecular flexibility index (Phi) is 3.67. The Morgan fingerprint density at radius 1 is 1.18 bits per heavy atom. The highest BCUT2D eigenvalue weighted by atomic mass is 32.2. The van der Waals surface area contributed by atoms with Crippen LogP contribution >= 0.6 is 11.8 Å². The van der Waals surface area contributed by atoms with E-state index < -0.39 is 0 Å². The summed E-state index contributed by atoms with van der Waals surface area (Å²) in [6.45, 7) is 0.945. The molecule has 4 heteroatoms. The number of thioether (sulfide) groups is 1. The molecule has 1 spiro atoms. The molecular formula is C13H24N2OS. The molecule has 3 fully saturated rings. The zero-order valence-corrected chi connectivity index (χ0v) is 11.3. The predicted molar refractivity (Wildman–Crippen MR) is 71.8 cm³/mol. The van der Waals surface area contributed by atoms with E-state index in [1.807, 2.05) is 0 Å². The van der Waals surface area contributed by atoms with E-state index in [9.17, 15) is 0 Å². The van der Waals surface area contributed by atoms with E-state index in [1.165, 1.54) is 50.0 Å². The van der Waals surface area contributed by atoms with Crippen LogP contribution in [0, 0.1) is 11.8 Å². The summed E-state index contributed by atoms with van der Waals surface area (Å²) in [5.41, 5.74) is 3.30. The first-order chi connectivity index (χ1) is 8.33. The second-order valence-corrected chi connectivity index (χ2v) is 7.15. The lowest BCUT2D eigenvalue weighted by Gasteiger charge is -2.45. The summed E-state index contributed by atoms with van der Waals surface area (Å²) in [4.78, 5) is 0. The number of nitrogens with two attached hydrogens (primary N) is 1. The minimum Gasteiger partial charge on any atom is -0.375 e. The van der Waals surface area contributed by atoms with Crippen LogP contribution in [0.1, 0.15) is 38.5 Å². The molecule has 2 heterocycles. The first-order valence-corrected chi connectivity index (χ1v) is 8.16. The quantitative estimate of drug-likeness (QED) is 0.598. The van der Waals surface area contributed by atoms with Crippen LogP contribution in [-0.2, 0) is 4.74 Å². The monoisotopic (exact) mass is 256 g/mol. The van der Waals surface area contributed by atoms with Crippen molar-refractivity contribution in [1.82, 2.24) is 5.43 Å². The van der Waals surface area contributed by atoms with Crippen LogP contribution in [0.25, 0.3) is 0 Å². The number of hydrogen-bond donors (Lipinski definition) is 2. The van der Waals surface area contributed by atoms with Crippen molar-refractivity contribution in [1.29, 1.82) is 0 Å². The summed E-state index contributed by atoms with van der Waals surface area (Å²) < 4.78 is 6.15. The molecule has 3 nitrogen and oxygen atoms in total. The Labute approximate surface area is 108 Å². The van der Waals surface area contributed by atoms with Gasteiger partial charge in [-0.15, -0.1) is 0 Å². The normalized spacial score (nSPS) is 34.8. The molecule has 1 saturated carbocycles. The zero-order chi connectivity index (χ0) is 11.7.